The Kier molecular flexibility index (Phi) is 7.37. The first-order chi connectivity index (χ1) is 13.6. The average molecular weight is 402 g/mol. The Balaban J connectivity index is 1.47. The highest BCUT2D eigenvalue weighted by Gasteiger charge is 2.23. The summed E-state index contributed by atoms with van der Waals surface area (Å²) < 4.78 is 5.88. The summed E-state index contributed by atoms with van der Waals surface area (Å²) in [6.45, 7) is 10.8. The number of rotatable bonds is 8. The van der Waals surface area contributed by atoms with E-state index in [1.54, 1.807) is 0 Å². The summed E-state index contributed by atoms with van der Waals surface area (Å²) in [6, 6.07) is 14.0. The van der Waals surface area contributed by atoms with Crippen LogP contribution in [-0.4, -0.2) is 50.5 Å². The molecule has 3 rings (SSSR count). The normalized spacial score (nSPS) is 16.0. The third kappa shape index (κ3) is 5.51. The fourth-order valence-electron chi connectivity index (χ4n) is 3.74. The molecule has 1 heterocycles. The second-order valence-electron chi connectivity index (χ2n) is 7.44. The summed E-state index contributed by atoms with van der Waals surface area (Å²) in [5.41, 5.74) is 3.57. The van der Waals surface area contributed by atoms with Crippen molar-refractivity contribution in [1.82, 2.24) is 0 Å². The number of halogens is 1. The molecule has 0 aromatic heterocycles. The zero-order valence-electron chi connectivity index (χ0n) is 16.5. The minimum atomic E-state index is -0.480. The molecule has 0 spiro atoms. The smallest absolute Gasteiger partial charge is 0.137 e. The van der Waals surface area contributed by atoms with Crippen molar-refractivity contribution in [2.75, 3.05) is 44.2 Å². The van der Waals surface area contributed by atoms with Gasteiger partial charge in [0.1, 0.15) is 25.0 Å². The molecule has 1 aliphatic rings. The van der Waals surface area contributed by atoms with Crippen molar-refractivity contribution in [2.24, 2.45) is 0 Å². The maximum absolute atomic E-state index is 10.4. The van der Waals surface area contributed by atoms with Crippen LogP contribution in [0, 0.1) is 6.92 Å². The summed E-state index contributed by atoms with van der Waals surface area (Å²) in [4.78, 5) is 3.80. The van der Waals surface area contributed by atoms with E-state index in [4.69, 9.17) is 16.3 Å². The minimum absolute atomic E-state index is 0.314. The van der Waals surface area contributed by atoms with Gasteiger partial charge in [-0.3, -0.25) is 0 Å². The molecular weight excluding hydrogens is 372 g/mol. The van der Waals surface area contributed by atoms with E-state index in [1.807, 2.05) is 42.5 Å². The second-order valence-corrected chi connectivity index (χ2v) is 7.87. The van der Waals surface area contributed by atoms with Crippen LogP contribution in [0.1, 0.15) is 11.1 Å². The Bertz CT molecular complexity index is 788. The van der Waals surface area contributed by atoms with Crippen LogP contribution in [0.3, 0.4) is 0 Å². The number of ether oxygens (including phenoxy) is 1. The standard InChI is InChI=1S/C23H29ClN2O2/c1-3-6-19-7-4-5-8-23(19)28-17-21(27)16-25-11-13-26(14-12-25)22-15-20(24)10-9-18(22)2/h3-5,7-10,15,21,27H,1,6,11-14,16-17H2,2H3/p+1/t21-/m0/s1. The number of nitrogens with one attached hydrogen (secondary N) is 1. The van der Waals surface area contributed by atoms with Gasteiger partial charge in [0.2, 0.25) is 0 Å². The van der Waals surface area contributed by atoms with Crippen LogP contribution in [0.25, 0.3) is 0 Å². The lowest BCUT2D eigenvalue weighted by molar-refractivity contribution is -0.903. The number of hydrogen-bond acceptors (Lipinski definition) is 3. The molecule has 0 radical (unpaired) electrons. The van der Waals surface area contributed by atoms with E-state index in [9.17, 15) is 5.11 Å². The molecular formula is C23H30ClN2O2+. The summed E-state index contributed by atoms with van der Waals surface area (Å²) >= 11 is 6.17. The van der Waals surface area contributed by atoms with E-state index in [-0.39, 0.29) is 0 Å². The number of aryl methyl sites for hydroxylation is 1. The van der Waals surface area contributed by atoms with Crippen LogP contribution < -0.4 is 14.5 Å². The Morgan fingerprint density at radius 2 is 2.00 bits per heavy atom. The summed E-state index contributed by atoms with van der Waals surface area (Å²) in [5.74, 6) is 0.831. The lowest BCUT2D eigenvalue weighted by Gasteiger charge is -2.35. The minimum Gasteiger partial charge on any atom is -0.490 e. The molecule has 1 saturated heterocycles. The molecule has 0 amide bonds. The molecule has 150 valence electrons. The Morgan fingerprint density at radius 3 is 2.75 bits per heavy atom. The Morgan fingerprint density at radius 1 is 1.25 bits per heavy atom. The van der Waals surface area contributed by atoms with Crippen molar-refractivity contribution >= 4 is 17.3 Å². The van der Waals surface area contributed by atoms with Gasteiger partial charge in [0.05, 0.1) is 26.2 Å². The van der Waals surface area contributed by atoms with Gasteiger partial charge >= 0.3 is 0 Å². The number of piperazine rings is 1. The molecule has 28 heavy (non-hydrogen) atoms. The first-order valence-corrected chi connectivity index (χ1v) is 10.3. The van der Waals surface area contributed by atoms with E-state index in [0.717, 1.165) is 48.9 Å². The third-order valence-corrected chi connectivity index (χ3v) is 5.51. The van der Waals surface area contributed by atoms with Gasteiger partial charge in [0, 0.05) is 10.7 Å². The van der Waals surface area contributed by atoms with Gasteiger partial charge in [0.25, 0.3) is 0 Å². The maximum Gasteiger partial charge on any atom is 0.137 e. The predicted octanol–water partition coefficient (Wildman–Crippen LogP) is 2.52. The van der Waals surface area contributed by atoms with Crippen molar-refractivity contribution in [2.45, 2.75) is 19.4 Å². The topological polar surface area (TPSA) is 37.1 Å². The van der Waals surface area contributed by atoms with Gasteiger partial charge in [-0.2, -0.15) is 0 Å². The van der Waals surface area contributed by atoms with Gasteiger partial charge in [-0.15, -0.1) is 6.58 Å². The first kappa shape index (κ1) is 20.7. The maximum atomic E-state index is 10.4. The highest BCUT2D eigenvalue weighted by atomic mass is 35.5. The molecule has 1 fully saturated rings. The molecule has 5 heteroatoms. The first-order valence-electron chi connectivity index (χ1n) is 9.91. The van der Waals surface area contributed by atoms with Crippen molar-refractivity contribution in [1.29, 1.82) is 0 Å². The number of aliphatic hydroxyl groups is 1. The lowest BCUT2D eigenvalue weighted by Crippen LogP contribution is -3.16. The van der Waals surface area contributed by atoms with Gasteiger partial charge in [-0.25, -0.2) is 0 Å². The van der Waals surface area contributed by atoms with Crippen molar-refractivity contribution in [3.8, 4) is 5.75 Å². The lowest BCUT2D eigenvalue weighted by atomic mass is 10.1. The molecule has 0 unspecified atom stereocenters. The fourth-order valence-corrected chi connectivity index (χ4v) is 3.90. The highest BCUT2D eigenvalue weighted by Crippen LogP contribution is 2.24. The largest absolute Gasteiger partial charge is 0.490 e. The number of hydrogen-bond donors (Lipinski definition) is 2. The predicted molar refractivity (Wildman–Crippen MR) is 116 cm³/mol. The molecule has 2 aromatic rings. The van der Waals surface area contributed by atoms with Crippen LogP contribution in [0.4, 0.5) is 5.69 Å². The monoisotopic (exact) mass is 401 g/mol. The van der Waals surface area contributed by atoms with Crippen LogP contribution in [0.15, 0.2) is 55.1 Å². The van der Waals surface area contributed by atoms with Crippen LogP contribution >= 0.6 is 11.6 Å². The van der Waals surface area contributed by atoms with Gasteiger partial charge in [-0.05, 0) is 42.7 Å². The van der Waals surface area contributed by atoms with Crippen molar-refractivity contribution in [3.05, 3.63) is 71.3 Å². The van der Waals surface area contributed by atoms with Gasteiger partial charge < -0.3 is 19.6 Å². The van der Waals surface area contributed by atoms with E-state index in [2.05, 4.69) is 24.5 Å². The number of aliphatic hydroxyl groups excluding tert-OH is 1. The van der Waals surface area contributed by atoms with Gasteiger partial charge in [-0.1, -0.05) is 41.9 Å². The molecule has 1 aliphatic heterocycles. The highest BCUT2D eigenvalue weighted by molar-refractivity contribution is 6.30. The number of quaternary nitrogens is 1. The van der Waals surface area contributed by atoms with Crippen molar-refractivity contribution < 1.29 is 14.7 Å². The Labute approximate surface area is 173 Å². The molecule has 2 aromatic carbocycles. The van der Waals surface area contributed by atoms with Crippen LogP contribution in [0.5, 0.6) is 5.75 Å². The third-order valence-electron chi connectivity index (χ3n) is 5.27. The zero-order chi connectivity index (χ0) is 19.9. The van der Waals surface area contributed by atoms with Crippen LogP contribution in [0.2, 0.25) is 5.02 Å². The zero-order valence-corrected chi connectivity index (χ0v) is 17.3. The SMILES string of the molecule is C=CCc1ccccc1OC[C@@H](O)C[NH+]1CCN(c2cc(Cl)ccc2C)CC1. The summed E-state index contributed by atoms with van der Waals surface area (Å²) in [6.07, 6.45) is 2.15. The summed E-state index contributed by atoms with van der Waals surface area (Å²) in [5, 5.41) is 11.2. The number of benzene rings is 2. The fraction of sp³-hybridized carbons (Fsp3) is 0.391. The van der Waals surface area contributed by atoms with Crippen LogP contribution in [-0.2, 0) is 6.42 Å². The number of para-hydroxylation sites is 1. The molecule has 1 atom stereocenters. The quantitative estimate of drug-likeness (QED) is 0.667. The second kappa shape index (κ2) is 9.97. The van der Waals surface area contributed by atoms with Crippen molar-refractivity contribution in [3.63, 3.8) is 0 Å². The molecule has 0 saturated carbocycles. The van der Waals surface area contributed by atoms with E-state index in [0.29, 0.717) is 13.2 Å². The molecule has 4 nitrogen and oxygen atoms in total. The summed E-state index contributed by atoms with van der Waals surface area (Å²) in [7, 11) is 0. The van der Waals surface area contributed by atoms with E-state index >= 15 is 0 Å². The van der Waals surface area contributed by atoms with E-state index in [1.165, 1.54) is 16.2 Å². The molecule has 2 N–H and O–H groups in total. The number of allylic oxidation sites excluding steroid dienone is 1. The molecule has 0 bridgehead atoms. The average Bonchev–Trinajstić information content (AvgIpc) is 2.70. The Hall–Kier alpha value is -2.01. The van der Waals surface area contributed by atoms with Gasteiger partial charge in [0.15, 0.2) is 0 Å². The number of nitrogens with zero attached hydrogens (tertiary/aromatic N) is 1. The number of anilines is 1. The molecule has 0 aliphatic carbocycles. The van der Waals surface area contributed by atoms with E-state index < -0.39 is 6.10 Å².